The predicted octanol–water partition coefficient (Wildman–Crippen LogP) is -0.754. The number of hydrogen-bond donors (Lipinski definition) is 2. The summed E-state index contributed by atoms with van der Waals surface area (Å²) in [4.78, 5) is 10.9. The van der Waals surface area contributed by atoms with Crippen LogP contribution in [0.5, 0.6) is 0 Å². The molecular weight excluding hydrogens is 234 g/mol. The number of β-amino-alcohol motifs (C(OH)–C–C–N with tert-alkyl or cyclic N) is 1. The van der Waals surface area contributed by atoms with Crippen LogP contribution in [0.3, 0.4) is 0 Å². The van der Waals surface area contributed by atoms with Crippen LogP contribution < -0.4 is 0 Å². The molecule has 1 saturated carbocycles. The molecule has 0 radical (unpaired) electrons. The minimum Gasteiger partial charge on any atom is -0.480 e. The number of carboxylic acids is 1. The molecule has 2 atom stereocenters. The second-order valence-electron chi connectivity index (χ2n) is 4.54. The van der Waals surface area contributed by atoms with Crippen LogP contribution in [0.1, 0.15) is 19.3 Å². The fourth-order valence-electron chi connectivity index (χ4n) is 1.99. The van der Waals surface area contributed by atoms with E-state index in [1.807, 2.05) is 0 Å². The first-order valence-corrected chi connectivity index (χ1v) is 6.91. The van der Waals surface area contributed by atoms with Crippen LogP contribution >= 0.6 is 0 Å². The molecule has 7 heteroatoms. The van der Waals surface area contributed by atoms with Gasteiger partial charge < -0.3 is 10.2 Å². The highest BCUT2D eigenvalue weighted by atomic mass is 32.2. The third-order valence-electron chi connectivity index (χ3n) is 3.02. The Balaban J connectivity index is 2.14. The van der Waals surface area contributed by atoms with Crippen molar-refractivity contribution in [1.29, 1.82) is 0 Å². The van der Waals surface area contributed by atoms with E-state index < -0.39 is 28.1 Å². The molecular formula is C9H15NO5S. The molecule has 6 nitrogen and oxygen atoms in total. The van der Waals surface area contributed by atoms with Gasteiger partial charge in [0, 0.05) is 13.0 Å². The lowest BCUT2D eigenvalue weighted by molar-refractivity contribution is -0.140. The minimum absolute atomic E-state index is 0.0147. The molecule has 1 heterocycles. The van der Waals surface area contributed by atoms with Gasteiger partial charge in [-0.1, -0.05) is 0 Å². The number of nitrogens with zero attached hydrogens (tertiary/aromatic N) is 1. The summed E-state index contributed by atoms with van der Waals surface area (Å²) in [6.45, 7) is -0.0913. The zero-order valence-electron chi connectivity index (χ0n) is 8.74. The summed E-state index contributed by atoms with van der Waals surface area (Å²) in [5.41, 5.74) is 0. The Morgan fingerprint density at radius 1 is 1.38 bits per heavy atom. The number of sulfonamides is 1. The highest BCUT2D eigenvalue weighted by Crippen LogP contribution is 2.33. The van der Waals surface area contributed by atoms with Crippen molar-refractivity contribution >= 4 is 16.0 Å². The predicted molar refractivity (Wildman–Crippen MR) is 55.3 cm³/mol. The average molecular weight is 249 g/mol. The smallest absolute Gasteiger partial charge is 0.322 e. The molecule has 0 spiro atoms. The molecule has 1 aliphatic heterocycles. The number of rotatable bonds is 4. The number of aliphatic hydroxyl groups excluding tert-OH is 1. The van der Waals surface area contributed by atoms with E-state index >= 15 is 0 Å². The number of hydrogen-bond acceptors (Lipinski definition) is 4. The summed E-state index contributed by atoms with van der Waals surface area (Å²) in [7, 11) is -3.53. The second-order valence-corrected chi connectivity index (χ2v) is 6.50. The van der Waals surface area contributed by atoms with Gasteiger partial charge in [-0.15, -0.1) is 0 Å². The van der Waals surface area contributed by atoms with Gasteiger partial charge in [0.15, 0.2) is 0 Å². The molecule has 2 N–H and O–H groups in total. The van der Waals surface area contributed by atoms with Crippen LogP contribution in [-0.4, -0.2) is 53.3 Å². The first-order chi connectivity index (χ1) is 7.40. The maximum absolute atomic E-state index is 11.9. The van der Waals surface area contributed by atoms with Crippen molar-refractivity contribution < 1.29 is 23.4 Å². The Kier molecular flexibility index (Phi) is 2.93. The molecule has 0 unspecified atom stereocenters. The molecule has 0 aromatic heterocycles. The Hall–Kier alpha value is -0.660. The van der Waals surface area contributed by atoms with Crippen molar-refractivity contribution in [2.75, 3.05) is 12.3 Å². The molecule has 16 heavy (non-hydrogen) atoms. The molecule has 92 valence electrons. The Labute approximate surface area is 93.9 Å². The van der Waals surface area contributed by atoms with Crippen molar-refractivity contribution in [2.24, 2.45) is 5.92 Å². The molecule has 1 saturated heterocycles. The monoisotopic (exact) mass is 249 g/mol. The van der Waals surface area contributed by atoms with Crippen LogP contribution in [0, 0.1) is 5.92 Å². The van der Waals surface area contributed by atoms with Gasteiger partial charge in [-0.2, -0.15) is 4.31 Å². The van der Waals surface area contributed by atoms with E-state index in [9.17, 15) is 18.3 Å². The van der Waals surface area contributed by atoms with Gasteiger partial charge in [0.25, 0.3) is 0 Å². The van der Waals surface area contributed by atoms with Gasteiger partial charge >= 0.3 is 5.97 Å². The van der Waals surface area contributed by atoms with E-state index in [0.29, 0.717) is 0 Å². The third kappa shape index (κ3) is 2.36. The lowest BCUT2D eigenvalue weighted by atomic mass is 10.2. The van der Waals surface area contributed by atoms with Crippen molar-refractivity contribution in [3.63, 3.8) is 0 Å². The van der Waals surface area contributed by atoms with Crippen LogP contribution in [0.15, 0.2) is 0 Å². The summed E-state index contributed by atoms with van der Waals surface area (Å²) >= 11 is 0. The molecule has 2 aliphatic rings. The first kappa shape index (κ1) is 11.8. The summed E-state index contributed by atoms with van der Waals surface area (Å²) in [6.07, 6.45) is 0.912. The largest absolute Gasteiger partial charge is 0.480 e. The quantitative estimate of drug-likeness (QED) is 0.683. The maximum atomic E-state index is 11.9. The van der Waals surface area contributed by atoms with Crippen molar-refractivity contribution in [1.82, 2.24) is 4.31 Å². The lowest BCUT2D eigenvalue weighted by Gasteiger charge is -2.20. The van der Waals surface area contributed by atoms with Crippen molar-refractivity contribution in [3.05, 3.63) is 0 Å². The standard InChI is InChI=1S/C9H15NO5S/c11-7-3-8(9(12)13)10(4-7)16(14,15)5-6-1-2-6/h6-8,11H,1-5H2,(H,12,13)/t7-,8-/m0/s1. The summed E-state index contributed by atoms with van der Waals surface area (Å²) < 4.78 is 24.7. The van der Waals surface area contributed by atoms with Crippen molar-refractivity contribution in [2.45, 2.75) is 31.4 Å². The van der Waals surface area contributed by atoms with Crippen LogP contribution in [-0.2, 0) is 14.8 Å². The van der Waals surface area contributed by atoms with E-state index in [4.69, 9.17) is 5.11 Å². The van der Waals surface area contributed by atoms with Crippen LogP contribution in [0.4, 0.5) is 0 Å². The van der Waals surface area contributed by atoms with Gasteiger partial charge in [0.2, 0.25) is 10.0 Å². The molecule has 2 rings (SSSR count). The summed E-state index contributed by atoms with van der Waals surface area (Å²) in [6, 6.07) is -1.10. The zero-order valence-corrected chi connectivity index (χ0v) is 9.56. The number of aliphatic hydroxyl groups is 1. The normalized spacial score (nSPS) is 31.8. The van der Waals surface area contributed by atoms with Gasteiger partial charge in [0.1, 0.15) is 6.04 Å². The first-order valence-electron chi connectivity index (χ1n) is 5.30. The summed E-state index contributed by atoms with van der Waals surface area (Å²) in [5.74, 6) is -0.989. The third-order valence-corrected chi connectivity index (χ3v) is 5.03. The summed E-state index contributed by atoms with van der Waals surface area (Å²) in [5, 5.41) is 18.3. The lowest BCUT2D eigenvalue weighted by Crippen LogP contribution is -2.42. The highest BCUT2D eigenvalue weighted by Gasteiger charge is 2.44. The van der Waals surface area contributed by atoms with Crippen molar-refractivity contribution in [3.8, 4) is 0 Å². The fourth-order valence-corrected chi connectivity index (χ4v) is 4.08. The van der Waals surface area contributed by atoms with Gasteiger partial charge in [0.05, 0.1) is 11.9 Å². The van der Waals surface area contributed by atoms with E-state index in [1.54, 1.807) is 0 Å². The molecule has 1 aliphatic carbocycles. The van der Waals surface area contributed by atoms with Gasteiger partial charge in [-0.3, -0.25) is 4.79 Å². The molecule has 0 aromatic rings. The zero-order chi connectivity index (χ0) is 11.9. The van der Waals surface area contributed by atoms with E-state index in [-0.39, 0.29) is 24.6 Å². The Bertz CT molecular complexity index is 389. The minimum atomic E-state index is -3.53. The molecule has 0 bridgehead atoms. The van der Waals surface area contributed by atoms with E-state index in [1.165, 1.54) is 0 Å². The van der Waals surface area contributed by atoms with Crippen LogP contribution in [0.25, 0.3) is 0 Å². The van der Waals surface area contributed by atoms with E-state index in [2.05, 4.69) is 0 Å². The van der Waals surface area contributed by atoms with E-state index in [0.717, 1.165) is 17.1 Å². The maximum Gasteiger partial charge on any atom is 0.322 e. The SMILES string of the molecule is O=C(O)[C@@H]1C[C@H](O)CN1S(=O)(=O)CC1CC1. The molecule has 0 amide bonds. The Morgan fingerprint density at radius 2 is 2.00 bits per heavy atom. The van der Waals surface area contributed by atoms with Gasteiger partial charge in [-0.25, -0.2) is 8.42 Å². The average Bonchev–Trinajstić information content (AvgIpc) is 2.84. The number of carboxylic acid groups (broad SMARTS) is 1. The van der Waals surface area contributed by atoms with Gasteiger partial charge in [-0.05, 0) is 18.8 Å². The number of carbonyl (C=O) groups is 1. The highest BCUT2D eigenvalue weighted by molar-refractivity contribution is 7.89. The molecule has 2 fully saturated rings. The molecule has 0 aromatic carbocycles. The van der Waals surface area contributed by atoms with Crippen LogP contribution in [0.2, 0.25) is 0 Å². The second kappa shape index (κ2) is 3.97. The number of aliphatic carboxylic acids is 1. The Morgan fingerprint density at radius 3 is 2.50 bits per heavy atom. The topological polar surface area (TPSA) is 94.9 Å². The fraction of sp³-hybridized carbons (Fsp3) is 0.889.